The number of carbonyl (C=O) groups is 1. The molecule has 98 valence electrons. The van der Waals surface area contributed by atoms with Gasteiger partial charge in [0.25, 0.3) is 0 Å². The molecule has 0 spiro atoms. The molecule has 0 aliphatic rings. The third-order valence-corrected chi connectivity index (χ3v) is 3.15. The molecular formula is C14H13BrN2O2. The summed E-state index contributed by atoms with van der Waals surface area (Å²) in [5.41, 5.74) is 0.948. The maximum atomic E-state index is 11.9. The lowest BCUT2D eigenvalue weighted by Crippen LogP contribution is -2.28. The number of ether oxygens (including phenoxy) is 1. The summed E-state index contributed by atoms with van der Waals surface area (Å²) in [5, 5.41) is 0. The van der Waals surface area contributed by atoms with E-state index in [1.165, 1.54) is 4.90 Å². The van der Waals surface area contributed by atoms with Gasteiger partial charge < -0.3 is 4.74 Å². The van der Waals surface area contributed by atoms with E-state index in [4.69, 9.17) is 4.74 Å². The molecule has 4 nitrogen and oxygen atoms in total. The summed E-state index contributed by atoms with van der Waals surface area (Å²) < 4.78 is 5.97. The van der Waals surface area contributed by atoms with Gasteiger partial charge in [0, 0.05) is 13.2 Å². The van der Waals surface area contributed by atoms with Crippen LogP contribution in [0.25, 0.3) is 0 Å². The summed E-state index contributed by atoms with van der Waals surface area (Å²) in [4.78, 5) is 17.4. The number of nitrogens with zero attached hydrogens (tertiary/aromatic N) is 2. The number of hydrogen-bond donors (Lipinski definition) is 0. The van der Waals surface area contributed by atoms with Gasteiger partial charge >= 0.3 is 6.09 Å². The third-order valence-electron chi connectivity index (χ3n) is 2.54. The second-order valence-corrected chi connectivity index (χ2v) is 4.76. The molecule has 0 saturated carbocycles. The zero-order valence-electron chi connectivity index (χ0n) is 10.4. The Kier molecular flexibility index (Phi) is 4.52. The Balaban J connectivity index is 1.99. The van der Waals surface area contributed by atoms with Gasteiger partial charge in [-0.05, 0) is 33.6 Å². The average molecular weight is 321 g/mol. The number of rotatable bonds is 3. The molecule has 0 aliphatic heterocycles. The van der Waals surface area contributed by atoms with Crippen LogP contribution in [0.15, 0.2) is 53.1 Å². The first-order valence-electron chi connectivity index (χ1n) is 5.73. The smallest absolute Gasteiger partial charge is 0.415 e. The highest BCUT2D eigenvalue weighted by Gasteiger charge is 2.15. The minimum absolute atomic E-state index is 0.245. The van der Waals surface area contributed by atoms with E-state index in [9.17, 15) is 4.79 Å². The lowest BCUT2D eigenvalue weighted by molar-refractivity contribution is 0.148. The zero-order valence-corrected chi connectivity index (χ0v) is 12.0. The van der Waals surface area contributed by atoms with Crippen LogP contribution in [0.1, 0.15) is 5.56 Å². The molecule has 0 bridgehead atoms. The molecule has 0 atom stereocenters. The fraction of sp³-hybridized carbons (Fsp3) is 0.143. The molecule has 1 aromatic carbocycles. The molecule has 2 rings (SSSR count). The molecule has 1 aromatic heterocycles. The second-order valence-electron chi connectivity index (χ2n) is 3.91. The molecule has 0 radical (unpaired) electrons. The second kappa shape index (κ2) is 6.33. The predicted molar refractivity (Wildman–Crippen MR) is 77.0 cm³/mol. The highest BCUT2D eigenvalue weighted by Crippen LogP contribution is 2.22. The van der Waals surface area contributed by atoms with Crippen molar-refractivity contribution in [2.75, 3.05) is 11.9 Å². The molecule has 2 aromatic rings. The van der Waals surface area contributed by atoms with E-state index >= 15 is 0 Å². The van der Waals surface area contributed by atoms with Gasteiger partial charge in [0.05, 0.1) is 4.47 Å². The lowest BCUT2D eigenvalue weighted by atomic mass is 10.2. The molecule has 0 N–H and O–H groups in total. The molecule has 1 heterocycles. The maximum absolute atomic E-state index is 11.9. The Hall–Kier alpha value is -1.88. The van der Waals surface area contributed by atoms with Crippen molar-refractivity contribution in [1.82, 2.24) is 4.98 Å². The summed E-state index contributed by atoms with van der Waals surface area (Å²) >= 11 is 3.35. The predicted octanol–water partition coefficient (Wildman–Crippen LogP) is 3.62. The van der Waals surface area contributed by atoms with Gasteiger partial charge in [-0.1, -0.05) is 30.3 Å². The first-order valence-corrected chi connectivity index (χ1v) is 6.52. The molecule has 0 saturated heterocycles. The number of aromatic nitrogens is 1. The number of halogens is 1. The fourth-order valence-corrected chi connectivity index (χ4v) is 2.05. The van der Waals surface area contributed by atoms with Crippen molar-refractivity contribution < 1.29 is 9.53 Å². The number of anilines is 1. The van der Waals surface area contributed by atoms with Crippen LogP contribution < -0.4 is 4.90 Å². The number of amides is 1. The van der Waals surface area contributed by atoms with Gasteiger partial charge in [0.1, 0.15) is 6.61 Å². The molecule has 5 heteroatoms. The minimum atomic E-state index is -0.441. The van der Waals surface area contributed by atoms with Gasteiger partial charge in [-0.15, -0.1) is 0 Å². The van der Waals surface area contributed by atoms with E-state index in [-0.39, 0.29) is 6.61 Å². The van der Waals surface area contributed by atoms with Crippen LogP contribution in [0.3, 0.4) is 0 Å². The van der Waals surface area contributed by atoms with Crippen LogP contribution in [0, 0.1) is 0 Å². The highest BCUT2D eigenvalue weighted by molar-refractivity contribution is 9.10. The van der Waals surface area contributed by atoms with Crippen molar-refractivity contribution in [1.29, 1.82) is 0 Å². The number of carbonyl (C=O) groups excluding carboxylic acids is 1. The van der Waals surface area contributed by atoms with Crippen LogP contribution in [-0.4, -0.2) is 18.1 Å². The molecule has 19 heavy (non-hydrogen) atoms. The number of pyridine rings is 1. The summed E-state index contributed by atoms with van der Waals surface area (Å²) in [7, 11) is 1.63. The first kappa shape index (κ1) is 13.5. The Morgan fingerprint density at radius 1 is 1.26 bits per heavy atom. The van der Waals surface area contributed by atoms with E-state index in [0.717, 1.165) is 10.0 Å². The van der Waals surface area contributed by atoms with Crippen LogP contribution in [0.2, 0.25) is 0 Å². The van der Waals surface area contributed by atoms with E-state index in [1.54, 1.807) is 19.3 Å². The Labute approximate surface area is 120 Å². The zero-order chi connectivity index (χ0) is 13.7. The monoisotopic (exact) mass is 320 g/mol. The maximum Gasteiger partial charge on any atom is 0.415 e. The van der Waals surface area contributed by atoms with Crippen molar-refractivity contribution in [2.24, 2.45) is 0 Å². The van der Waals surface area contributed by atoms with Gasteiger partial charge in [0.15, 0.2) is 5.82 Å². The molecular weight excluding hydrogens is 308 g/mol. The highest BCUT2D eigenvalue weighted by atomic mass is 79.9. The molecule has 1 amide bonds. The summed E-state index contributed by atoms with van der Waals surface area (Å²) in [6.45, 7) is 0.245. The van der Waals surface area contributed by atoms with Crippen LogP contribution in [0.5, 0.6) is 0 Å². The standard InChI is InChI=1S/C14H13BrN2O2/c1-17(13-12(15)8-5-9-16-13)14(18)19-10-11-6-3-2-4-7-11/h2-9H,10H2,1H3. The van der Waals surface area contributed by atoms with E-state index in [1.807, 2.05) is 36.4 Å². The van der Waals surface area contributed by atoms with Gasteiger partial charge in [-0.3, -0.25) is 4.90 Å². The summed E-state index contributed by atoms with van der Waals surface area (Å²) in [5.74, 6) is 0.528. The third kappa shape index (κ3) is 3.54. The van der Waals surface area contributed by atoms with Gasteiger partial charge in [-0.25, -0.2) is 9.78 Å². The van der Waals surface area contributed by atoms with E-state index < -0.39 is 6.09 Å². The minimum Gasteiger partial charge on any atom is -0.444 e. The van der Waals surface area contributed by atoms with Gasteiger partial charge in [0.2, 0.25) is 0 Å². The molecule has 0 fully saturated rings. The van der Waals surface area contributed by atoms with Crippen molar-refractivity contribution in [2.45, 2.75) is 6.61 Å². The van der Waals surface area contributed by atoms with E-state index in [0.29, 0.717) is 5.82 Å². The SMILES string of the molecule is CN(C(=O)OCc1ccccc1)c1ncccc1Br. The normalized spacial score (nSPS) is 10.0. The van der Waals surface area contributed by atoms with Crippen molar-refractivity contribution in [3.05, 3.63) is 58.7 Å². The number of hydrogen-bond acceptors (Lipinski definition) is 3. The number of benzene rings is 1. The van der Waals surface area contributed by atoms with Crippen molar-refractivity contribution in [3.63, 3.8) is 0 Å². The van der Waals surface area contributed by atoms with Crippen LogP contribution >= 0.6 is 15.9 Å². The van der Waals surface area contributed by atoms with Gasteiger partial charge in [-0.2, -0.15) is 0 Å². The van der Waals surface area contributed by atoms with Crippen LogP contribution in [-0.2, 0) is 11.3 Å². The summed E-state index contributed by atoms with van der Waals surface area (Å²) in [6.07, 6.45) is 1.18. The van der Waals surface area contributed by atoms with Crippen molar-refractivity contribution >= 4 is 27.8 Å². The van der Waals surface area contributed by atoms with Crippen molar-refractivity contribution in [3.8, 4) is 0 Å². The Bertz CT molecular complexity index is 560. The quantitative estimate of drug-likeness (QED) is 0.867. The lowest BCUT2D eigenvalue weighted by Gasteiger charge is -2.17. The van der Waals surface area contributed by atoms with Crippen LogP contribution in [0.4, 0.5) is 10.6 Å². The Morgan fingerprint density at radius 2 is 2.00 bits per heavy atom. The summed E-state index contributed by atoms with van der Waals surface area (Å²) in [6, 6.07) is 13.2. The molecule has 0 aliphatic carbocycles. The fourth-order valence-electron chi connectivity index (χ4n) is 1.53. The first-order chi connectivity index (χ1) is 9.18. The molecule has 0 unspecified atom stereocenters. The topological polar surface area (TPSA) is 42.4 Å². The largest absolute Gasteiger partial charge is 0.444 e. The average Bonchev–Trinajstić information content (AvgIpc) is 2.45. The van der Waals surface area contributed by atoms with E-state index in [2.05, 4.69) is 20.9 Å². The Morgan fingerprint density at radius 3 is 2.68 bits per heavy atom.